The van der Waals surface area contributed by atoms with Crippen molar-refractivity contribution in [2.45, 2.75) is 45.8 Å². The number of amides is 1. The van der Waals surface area contributed by atoms with Gasteiger partial charge in [0.1, 0.15) is 10.2 Å². The first-order valence-corrected chi connectivity index (χ1v) is 8.92. The Labute approximate surface area is 146 Å². The maximum absolute atomic E-state index is 12.2. The molecule has 1 N–H and O–H groups in total. The number of hydrogen-bond acceptors (Lipinski definition) is 4. The number of nitrogens with one attached hydrogen (secondary N) is 1. The van der Waals surface area contributed by atoms with Crippen molar-refractivity contribution in [3.63, 3.8) is 0 Å². The fourth-order valence-corrected chi connectivity index (χ4v) is 3.11. The number of halogens is 1. The number of likely N-dealkylation sites (tertiary alicyclic amines) is 1. The minimum absolute atomic E-state index is 0.194. The summed E-state index contributed by atoms with van der Waals surface area (Å²) < 4.78 is 6.32. The van der Waals surface area contributed by atoms with Crippen molar-refractivity contribution in [3.05, 3.63) is 28.5 Å². The summed E-state index contributed by atoms with van der Waals surface area (Å²) >= 11 is 3.38. The summed E-state index contributed by atoms with van der Waals surface area (Å²) in [5, 5.41) is 3.48. The monoisotopic (exact) mass is 383 g/mol. The van der Waals surface area contributed by atoms with E-state index in [1.807, 2.05) is 37.8 Å². The molecule has 6 heteroatoms. The number of carbonyl (C=O) groups excluding carboxylic acids is 1. The van der Waals surface area contributed by atoms with E-state index in [-0.39, 0.29) is 6.09 Å². The standard InChI is InChI=1S/C17H26BrN3O2/c1-17(2,3)23-16(22)21-8-4-5-14(12-21)11-19-10-13-6-7-20-15(18)9-13/h6-7,9,14,19H,4-5,8,10-12H2,1-3H3/t14-/m0/s1. The van der Waals surface area contributed by atoms with Gasteiger partial charge in [0.15, 0.2) is 0 Å². The van der Waals surface area contributed by atoms with E-state index >= 15 is 0 Å². The van der Waals surface area contributed by atoms with Crippen molar-refractivity contribution < 1.29 is 9.53 Å². The molecule has 1 amide bonds. The number of aromatic nitrogens is 1. The molecule has 2 rings (SSSR count). The van der Waals surface area contributed by atoms with Gasteiger partial charge < -0.3 is 15.0 Å². The average Bonchev–Trinajstić information content (AvgIpc) is 2.46. The van der Waals surface area contributed by atoms with Crippen LogP contribution in [0.3, 0.4) is 0 Å². The lowest BCUT2D eigenvalue weighted by Crippen LogP contribution is -2.45. The zero-order valence-corrected chi connectivity index (χ0v) is 15.7. The molecule has 0 saturated carbocycles. The third-order valence-corrected chi connectivity index (χ3v) is 4.16. The van der Waals surface area contributed by atoms with Crippen LogP contribution in [0.15, 0.2) is 22.9 Å². The zero-order valence-electron chi connectivity index (χ0n) is 14.1. The van der Waals surface area contributed by atoms with Crippen LogP contribution in [0.4, 0.5) is 4.79 Å². The molecule has 1 aromatic rings. The Bertz CT molecular complexity index is 531. The molecule has 23 heavy (non-hydrogen) atoms. The first-order chi connectivity index (χ1) is 10.8. The van der Waals surface area contributed by atoms with Gasteiger partial charge in [-0.15, -0.1) is 0 Å². The van der Waals surface area contributed by atoms with E-state index in [9.17, 15) is 4.79 Å². The van der Waals surface area contributed by atoms with Gasteiger partial charge in [-0.1, -0.05) is 0 Å². The molecule has 1 atom stereocenters. The number of rotatable bonds is 4. The fraction of sp³-hybridized carbons (Fsp3) is 0.647. The third kappa shape index (κ3) is 6.47. The summed E-state index contributed by atoms with van der Waals surface area (Å²) in [6, 6.07) is 4.02. The lowest BCUT2D eigenvalue weighted by molar-refractivity contribution is 0.0166. The van der Waals surface area contributed by atoms with Crippen LogP contribution in [-0.4, -0.2) is 41.2 Å². The van der Waals surface area contributed by atoms with Gasteiger partial charge >= 0.3 is 6.09 Å². The van der Waals surface area contributed by atoms with E-state index in [1.54, 1.807) is 6.20 Å². The lowest BCUT2D eigenvalue weighted by atomic mass is 9.98. The van der Waals surface area contributed by atoms with E-state index in [1.165, 1.54) is 5.56 Å². The molecule has 1 aromatic heterocycles. The van der Waals surface area contributed by atoms with Gasteiger partial charge in [0.05, 0.1) is 0 Å². The first-order valence-electron chi connectivity index (χ1n) is 8.12. The Hall–Kier alpha value is -1.14. The molecule has 1 fully saturated rings. The summed E-state index contributed by atoms with van der Waals surface area (Å²) in [5.41, 5.74) is 0.767. The van der Waals surface area contributed by atoms with Crippen molar-refractivity contribution in [1.82, 2.24) is 15.2 Å². The molecule has 1 aliphatic heterocycles. The molecule has 1 saturated heterocycles. The van der Waals surface area contributed by atoms with E-state index < -0.39 is 5.60 Å². The predicted molar refractivity (Wildman–Crippen MR) is 94.2 cm³/mol. The van der Waals surface area contributed by atoms with Crippen LogP contribution in [0.25, 0.3) is 0 Å². The molecule has 0 spiro atoms. The van der Waals surface area contributed by atoms with Crippen LogP contribution in [0.2, 0.25) is 0 Å². The summed E-state index contributed by atoms with van der Waals surface area (Å²) in [5.74, 6) is 0.474. The quantitative estimate of drug-likeness (QED) is 0.807. The number of pyridine rings is 1. The van der Waals surface area contributed by atoms with Crippen molar-refractivity contribution in [3.8, 4) is 0 Å². The second kappa shape index (κ2) is 8.11. The normalized spacial score (nSPS) is 18.8. The second-order valence-corrected chi connectivity index (χ2v) is 7.86. The number of hydrogen-bond donors (Lipinski definition) is 1. The minimum atomic E-state index is -0.434. The van der Waals surface area contributed by atoms with Crippen molar-refractivity contribution in [2.24, 2.45) is 5.92 Å². The van der Waals surface area contributed by atoms with Crippen LogP contribution in [-0.2, 0) is 11.3 Å². The summed E-state index contributed by atoms with van der Waals surface area (Å²) in [6.07, 6.45) is 3.78. The highest BCUT2D eigenvalue weighted by atomic mass is 79.9. The Balaban J connectivity index is 1.76. The van der Waals surface area contributed by atoms with Crippen LogP contribution < -0.4 is 5.32 Å². The molecule has 5 nitrogen and oxygen atoms in total. The topological polar surface area (TPSA) is 54.5 Å². The van der Waals surface area contributed by atoms with Crippen LogP contribution >= 0.6 is 15.9 Å². The number of ether oxygens (including phenoxy) is 1. The average molecular weight is 384 g/mol. The molecule has 0 radical (unpaired) electrons. The van der Waals surface area contributed by atoms with Crippen molar-refractivity contribution in [2.75, 3.05) is 19.6 Å². The van der Waals surface area contributed by atoms with Gasteiger partial charge in [-0.3, -0.25) is 0 Å². The zero-order chi connectivity index (χ0) is 16.9. The van der Waals surface area contributed by atoms with Crippen molar-refractivity contribution >= 4 is 22.0 Å². The minimum Gasteiger partial charge on any atom is -0.444 e. The molecule has 128 valence electrons. The van der Waals surface area contributed by atoms with Gasteiger partial charge in [0.25, 0.3) is 0 Å². The summed E-state index contributed by atoms with van der Waals surface area (Å²) in [7, 11) is 0. The highest BCUT2D eigenvalue weighted by molar-refractivity contribution is 9.10. The Morgan fingerprint density at radius 2 is 2.30 bits per heavy atom. The Morgan fingerprint density at radius 1 is 1.52 bits per heavy atom. The predicted octanol–water partition coefficient (Wildman–Crippen LogP) is 3.58. The first kappa shape index (κ1) is 18.2. The molecular formula is C17H26BrN3O2. The van der Waals surface area contributed by atoms with E-state index in [4.69, 9.17) is 4.74 Å². The fourth-order valence-electron chi connectivity index (χ4n) is 2.70. The van der Waals surface area contributed by atoms with Crippen LogP contribution in [0.5, 0.6) is 0 Å². The number of nitrogens with zero attached hydrogens (tertiary/aromatic N) is 2. The highest BCUT2D eigenvalue weighted by Gasteiger charge is 2.27. The number of carbonyl (C=O) groups is 1. The molecule has 1 aliphatic rings. The Kier molecular flexibility index (Phi) is 6.41. The molecule has 0 aromatic carbocycles. The van der Waals surface area contributed by atoms with Gasteiger partial charge in [-0.05, 0) is 79.7 Å². The van der Waals surface area contributed by atoms with E-state index in [0.717, 1.165) is 43.6 Å². The maximum Gasteiger partial charge on any atom is 0.410 e. The Morgan fingerprint density at radius 3 is 3.00 bits per heavy atom. The van der Waals surface area contributed by atoms with Gasteiger partial charge in [-0.25, -0.2) is 9.78 Å². The van der Waals surface area contributed by atoms with Crippen molar-refractivity contribution in [1.29, 1.82) is 0 Å². The number of piperidine rings is 1. The molecule has 0 aliphatic carbocycles. The van der Waals surface area contributed by atoms with Crippen LogP contribution in [0.1, 0.15) is 39.2 Å². The SMILES string of the molecule is CC(C)(C)OC(=O)N1CCC[C@@H](CNCc2ccnc(Br)c2)C1. The maximum atomic E-state index is 12.2. The third-order valence-electron chi connectivity index (χ3n) is 3.72. The van der Waals surface area contributed by atoms with E-state index in [2.05, 4.69) is 26.2 Å². The summed E-state index contributed by atoms with van der Waals surface area (Å²) in [6.45, 7) is 8.98. The van der Waals surface area contributed by atoms with E-state index in [0.29, 0.717) is 5.92 Å². The molecule has 0 unspecified atom stereocenters. The lowest BCUT2D eigenvalue weighted by Gasteiger charge is -2.34. The van der Waals surface area contributed by atoms with Gasteiger partial charge in [0, 0.05) is 25.8 Å². The second-order valence-electron chi connectivity index (χ2n) is 7.05. The van der Waals surface area contributed by atoms with Crippen LogP contribution in [0, 0.1) is 5.92 Å². The molecular weight excluding hydrogens is 358 g/mol. The highest BCUT2D eigenvalue weighted by Crippen LogP contribution is 2.19. The van der Waals surface area contributed by atoms with Gasteiger partial charge in [0.2, 0.25) is 0 Å². The van der Waals surface area contributed by atoms with Gasteiger partial charge in [-0.2, -0.15) is 0 Å². The summed E-state index contributed by atoms with van der Waals surface area (Å²) in [4.78, 5) is 18.1. The molecule has 2 heterocycles. The largest absolute Gasteiger partial charge is 0.444 e. The molecule has 0 bridgehead atoms. The smallest absolute Gasteiger partial charge is 0.410 e.